The number of phenols is 2. The highest BCUT2D eigenvalue weighted by molar-refractivity contribution is 8.18. The van der Waals surface area contributed by atoms with E-state index in [1.807, 2.05) is 42.5 Å². The summed E-state index contributed by atoms with van der Waals surface area (Å²) >= 11 is 0.866. The summed E-state index contributed by atoms with van der Waals surface area (Å²) in [6.07, 6.45) is 1.53. The first kappa shape index (κ1) is 17.2. The number of imide groups is 1. The molecular weight excluding hydrogens is 362 g/mol. The van der Waals surface area contributed by atoms with Crippen molar-refractivity contribution in [3.8, 4) is 11.5 Å². The number of benzene rings is 3. The maximum Gasteiger partial charge on any atom is 0.293 e. The highest BCUT2D eigenvalue weighted by atomic mass is 32.2. The van der Waals surface area contributed by atoms with Crippen LogP contribution in [0.2, 0.25) is 0 Å². The van der Waals surface area contributed by atoms with Crippen molar-refractivity contribution in [1.29, 1.82) is 0 Å². The number of aromatic hydroxyl groups is 2. The lowest BCUT2D eigenvalue weighted by Crippen LogP contribution is -2.27. The molecule has 134 valence electrons. The summed E-state index contributed by atoms with van der Waals surface area (Å²) in [5, 5.41) is 20.7. The van der Waals surface area contributed by atoms with Gasteiger partial charge >= 0.3 is 0 Å². The molecule has 1 fully saturated rings. The smallest absolute Gasteiger partial charge is 0.293 e. The molecule has 6 heteroatoms. The first-order valence-electron chi connectivity index (χ1n) is 8.27. The van der Waals surface area contributed by atoms with Crippen molar-refractivity contribution in [2.75, 3.05) is 0 Å². The number of fused-ring (bicyclic) bond motifs is 1. The lowest BCUT2D eigenvalue weighted by atomic mass is 10.0. The van der Waals surface area contributed by atoms with Crippen LogP contribution in [0.4, 0.5) is 4.79 Å². The minimum atomic E-state index is -0.370. The first-order chi connectivity index (χ1) is 13.0. The predicted octanol–water partition coefficient (Wildman–Crippen LogP) is 4.49. The van der Waals surface area contributed by atoms with Crippen molar-refractivity contribution in [1.82, 2.24) is 4.90 Å². The summed E-state index contributed by atoms with van der Waals surface area (Å²) in [6, 6.07) is 17.9. The Labute approximate surface area is 159 Å². The van der Waals surface area contributed by atoms with Crippen LogP contribution in [0, 0.1) is 0 Å². The van der Waals surface area contributed by atoms with E-state index in [0.717, 1.165) is 28.1 Å². The number of thioether (sulfide) groups is 1. The number of nitrogens with zero attached hydrogens (tertiary/aromatic N) is 1. The number of phenolic OH excluding ortho intramolecular Hbond substituents is 2. The molecule has 1 aliphatic rings. The number of rotatable bonds is 3. The van der Waals surface area contributed by atoms with Gasteiger partial charge in [0.15, 0.2) is 11.5 Å². The van der Waals surface area contributed by atoms with Crippen LogP contribution in [0.5, 0.6) is 11.5 Å². The molecule has 0 aliphatic carbocycles. The Kier molecular flexibility index (Phi) is 4.33. The average Bonchev–Trinajstić information content (AvgIpc) is 2.92. The van der Waals surface area contributed by atoms with Crippen LogP contribution in [0.1, 0.15) is 11.1 Å². The van der Waals surface area contributed by atoms with Crippen LogP contribution >= 0.6 is 11.8 Å². The van der Waals surface area contributed by atoms with Crippen LogP contribution in [-0.4, -0.2) is 26.3 Å². The number of carbonyl (C=O) groups excluding carboxylic acids is 2. The van der Waals surface area contributed by atoms with E-state index in [9.17, 15) is 19.8 Å². The van der Waals surface area contributed by atoms with Gasteiger partial charge in [-0.3, -0.25) is 14.5 Å². The Bertz CT molecular complexity index is 1100. The van der Waals surface area contributed by atoms with Gasteiger partial charge in [-0.15, -0.1) is 0 Å². The second kappa shape index (κ2) is 6.81. The van der Waals surface area contributed by atoms with Gasteiger partial charge in [0.25, 0.3) is 11.1 Å². The van der Waals surface area contributed by atoms with Crippen LogP contribution in [0.3, 0.4) is 0 Å². The third kappa shape index (κ3) is 3.27. The molecule has 1 heterocycles. The lowest BCUT2D eigenvalue weighted by Gasteiger charge is -2.14. The predicted molar refractivity (Wildman–Crippen MR) is 105 cm³/mol. The molecule has 1 aliphatic heterocycles. The van der Waals surface area contributed by atoms with Crippen molar-refractivity contribution in [3.63, 3.8) is 0 Å². The normalized spacial score (nSPS) is 15.9. The molecule has 4 rings (SSSR count). The zero-order chi connectivity index (χ0) is 19.0. The van der Waals surface area contributed by atoms with Crippen LogP contribution in [-0.2, 0) is 11.3 Å². The maximum absolute atomic E-state index is 12.7. The molecule has 3 aromatic rings. The summed E-state index contributed by atoms with van der Waals surface area (Å²) < 4.78 is 0. The van der Waals surface area contributed by atoms with Crippen molar-refractivity contribution in [2.24, 2.45) is 0 Å². The molecule has 0 atom stereocenters. The molecule has 0 bridgehead atoms. The fourth-order valence-corrected chi connectivity index (χ4v) is 3.86. The van der Waals surface area contributed by atoms with E-state index in [0.29, 0.717) is 5.56 Å². The molecular formula is C21H15NO4S. The Morgan fingerprint density at radius 3 is 2.52 bits per heavy atom. The SMILES string of the molecule is O=C1S/C(=C\c2ccc(O)c(O)c2)C(=O)N1Cc1cccc2ccccc12. The van der Waals surface area contributed by atoms with E-state index in [-0.39, 0.29) is 34.1 Å². The molecule has 27 heavy (non-hydrogen) atoms. The largest absolute Gasteiger partial charge is 0.504 e. The quantitative estimate of drug-likeness (QED) is 0.519. The van der Waals surface area contributed by atoms with Crippen molar-refractivity contribution >= 4 is 39.8 Å². The fraction of sp³-hybridized carbons (Fsp3) is 0.0476. The van der Waals surface area contributed by atoms with Gasteiger partial charge < -0.3 is 10.2 Å². The molecule has 0 radical (unpaired) electrons. The van der Waals surface area contributed by atoms with E-state index < -0.39 is 0 Å². The van der Waals surface area contributed by atoms with Crippen LogP contribution in [0.25, 0.3) is 16.8 Å². The summed E-state index contributed by atoms with van der Waals surface area (Å²) in [5.41, 5.74) is 1.43. The molecule has 2 N–H and O–H groups in total. The number of hydrogen-bond acceptors (Lipinski definition) is 5. The van der Waals surface area contributed by atoms with Gasteiger partial charge in [-0.05, 0) is 51.9 Å². The van der Waals surface area contributed by atoms with Gasteiger partial charge in [0, 0.05) is 0 Å². The average molecular weight is 377 g/mol. The Morgan fingerprint density at radius 1 is 0.926 bits per heavy atom. The van der Waals surface area contributed by atoms with E-state index in [4.69, 9.17) is 0 Å². The van der Waals surface area contributed by atoms with Crippen molar-refractivity contribution in [3.05, 3.63) is 76.7 Å². The highest BCUT2D eigenvalue weighted by Gasteiger charge is 2.35. The second-order valence-corrected chi connectivity index (χ2v) is 7.15. The van der Waals surface area contributed by atoms with Crippen LogP contribution < -0.4 is 0 Å². The topological polar surface area (TPSA) is 77.8 Å². The van der Waals surface area contributed by atoms with E-state index in [2.05, 4.69) is 0 Å². The molecule has 5 nitrogen and oxygen atoms in total. The zero-order valence-corrected chi connectivity index (χ0v) is 14.9. The number of carbonyl (C=O) groups is 2. The second-order valence-electron chi connectivity index (χ2n) is 6.15. The molecule has 0 unspecified atom stereocenters. The molecule has 3 aromatic carbocycles. The number of amides is 2. The Hall–Kier alpha value is -3.25. The van der Waals surface area contributed by atoms with Gasteiger partial charge in [-0.25, -0.2) is 0 Å². The highest BCUT2D eigenvalue weighted by Crippen LogP contribution is 2.35. The maximum atomic E-state index is 12.7. The lowest BCUT2D eigenvalue weighted by molar-refractivity contribution is -0.123. The summed E-state index contributed by atoms with van der Waals surface area (Å²) in [6.45, 7) is 0.199. The Balaban J connectivity index is 1.63. The summed E-state index contributed by atoms with van der Waals surface area (Å²) in [7, 11) is 0. The van der Waals surface area contributed by atoms with Crippen LogP contribution in [0.15, 0.2) is 65.6 Å². The summed E-state index contributed by atoms with van der Waals surface area (Å²) in [5.74, 6) is -0.888. The van der Waals surface area contributed by atoms with Gasteiger partial charge in [-0.1, -0.05) is 48.5 Å². The van der Waals surface area contributed by atoms with Gasteiger partial charge in [0.1, 0.15) is 0 Å². The van der Waals surface area contributed by atoms with E-state index in [1.165, 1.54) is 23.1 Å². The summed E-state index contributed by atoms with van der Waals surface area (Å²) in [4.78, 5) is 26.6. The third-order valence-electron chi connectivity index (χ3n) is 4.38. The first-order valence-corrected chi connectivity index (χ1v) is 9.08. The molecule has 2 amide bonds. The molecule has 0 spiro atoms. The van der Waals surface area contributed by atoms with Gasteiger partial charge in [-0.2, -0.15) is 0 Å². The minimum absolute atomic E-state index is 0.199. The van der Waals surface area contributed by atoms with Gasteiger partial charge in [0.05, 0.1) is 11.4 Å². The Morgan fingerprint density at radius 2 is 1.70 bits per heavy atom. The van der Waals surface area contributed by atoms with Crippen molar-refractivity contribution in [2.45, 2.75) is 6.54 Å². The monoisotopic (exact) mass is 377 g/mol. The number of hydrogen-bond donors (Lipinski definition) is 2. The standard InChI is InChI=1S/C21H15NO4S/c23-17-9-8-13(10-18(17)24)11-19-20(25)22(21(26)27-19)12-15-6-3-5-14-4-1-2-7-16(14)15/h1-11,23-24H,12H2/b19-11-. The zero-order valence-electron chi connectivity index (χ0n) is 14.1. The molecule has 0 saturated carbocycles. The molecule has 0 aromatic heterocycles. The molecule has 1 saturated heterocycles. The third-order valence-corrected chi connectivity index (χ3v) is 5.29. The van der Waals surface area contributed by atoms with Gasteiger partial charge in [0.2, 0.25) is 0 Å². The van der Waals surface area contributed by atoms with Crippen molar-refractivity contribution < 1.29 is 19.8 Å². The fourth-order valence-electron chi connectivity index (χ4n) is 3.02. The van der Waals surface area contributed by atoms with E-state index >= 15 is 0 Å². The minimum Gasteiger partial charge on any atom is -0.504 e. The van der Waals surface area contributed by atoms with E-state index in [1.54, 1.807) is 6.07 Å².